The van der Waals surface area contributed by atoms with E-state index in [4.69, 9.17) is 0 Å². The molecule has 3 aromatic carbocycles. The lowest BCUT2D eigenvalue weighted by molar-refractivity contribution is 0.0937. The average Bonchev–Trinajstić information content (AvgIpc) is 3.22. The first kappa shape index (κ1) is 16.8. The topological polar surface area (TPSA) is 67.2 Å². The molecule has 1 unspecified atom stereocenters. The Kier molecular flexibility index (Phi) is 4.34. The molecule has 4 rings (SSSR count). The maximum absolute atomic E-state index is 12.7. The van der Waals surface area contributed by atoms with Crippen LogP contribution in [0.25, 0.3) is 16.5 Å². The van der Waals surface area contributed by atoms with Gasteiger partial charge in [0.15, 0.2) is 0 Å². The first-order chi connectivity index (χ1) is 13.1. The Balaban J connectivity index is 1.53. The fourth-order valence-electron chi connectivity index (χ4n) is 3.11. The molecule has 0 radical (unpaired) electrons. The van der Waals surface area contributed by atoms with Crippen LogP contribution in [0.4, 0.5) is 0 Å². The van der Waals surface area contributed by atoms with E-state index in [1.54, 1.807) is 24.7 Å². The van der Waals surface area contributed by atoms with Gasteiger partial charge >= 0.3 is 0 Å². The normalized spacial score (nSPS) is 12.0. The number of rotatable bonds is 4. The molecule has 0 bridgehead atoms. The van der Waals surface area contributed by atoms with Crippen LogP contribution in [0.15, 0.2) is 79.4 Å². The van der Waals surface area contributed by atoms with Gasteiger partial charge in [-0.15, -0.1) is 0 Å². The van der Waals surface area contributed by atoms with Crippen molar-refractivity contribution in [2.45, 2.75) is 13.0 Å². The summed E-state index contributed by atoms with van der Waals surface area (Å²) in [6, 6.07) is 18.7. The standard InChI is InChI=1S/C22H19N3O2/c1-15(16-6-8-19(9-7-16)25-11-10-23-14-25)24-22(27)20-12-17-4-2-3-5-18(17)13-21(20)26/h2-15,26H,1H3,(H,24,27). The van der Waals surface area contributed by atoms with Crippen molar-refractivity contribution in [3.8, 4) is 11.4 Å². The number of fused-ring (bicyclic) bond motifs is 1. The molecule has 0 saturated carbocycles. The molecule has 5 heteroatoms. The number of carbonyl (C=O) groups is 1. The van der Waals surface area contributed by atoms with Crippen LogP contribution in [-0.2, 0) is 0 Å². The molecule has 0 aliphatic heterocycles. The molecule has 4 aromatic rings. The summed E-state index contributed by atoms with van der Waals surface area (Å²) in [5.41, 5.74) is 2.25. The molecule has 0 aliphatic carbocycles. The maximum atomic E-state index is 12.7. The van der Waals surface area contributed by atoms with E-state index in [0.29, 0.717) is 0 Å². The van der Waals surface area contributed by atoms with Crippen LogP contribution < -0.4 is 5.32 Å². The monoisotopic (exact) mass is 357 g/mol. The van der Waals surface area contributed by atoms with Crippen molar-refractivity contribution in [3.63, 3.8) is 0 Å². The number of benzene rings is 3. The van der Waals surface area contributed by atoms with E-state index in [-0.39, 0.29) is 23.3 Å². The highest BCUT2D eigenvalue weighted by Gasteiger charge is 2.16. The molecule has 1 heterocycles. The van der Waals surface area contributed by atoms with Gasteiger partial charge in [0.05, 0.1) is 17.9 Å². The van der Waals surface area contributed by atoms with Crippen LogP contribution in [0.2, 0.25) is 0 Å². The predicted octanol–water partition coefficient (Wildman–Crippen LogP) is 4.22. The van der Waals surface area contributed by atoms with Crippen molar-refractivity contribution in [1.82, 2.24) is 14.9 Å². The quantitative estimate of drug-likeness (QED) is 0.575. The molecule has 0 saturated heterocycles. The maximum Gasteiger partial charge on any atom is 0.255 e. The largest absolute Gasteiger partial charge is 0.507 e. The van der Waals surface area contributed by atoms with Crippen LogP contribution in [-0.4, -0.2) is 20.6 Å². The fourth-order valence-corrected chi connectivity index (χ4v) is 3.11. The summed E-state index contributed by atoms with van der Waals surface area (Å²) in [5, 5.41) is 15.0. The molecular weight excluding hydrogens is 338 g/mol. The van der Waals surface area contributed by atoms with Gasteiger partial charge in [0.25, 0.3) is 5.91 Å². The minimum absolute atomic E-state index is 0.0196. The van der Waals surface area contributed by atoms with Gasteiger partial charge in [-0.1, -0.05) is 36.4 Å². The van der Waals surface area contributed by atoms with Gasteiger partial charge in [-0.25, -0.2) is 4.98 Å². The van der Waals surface area contributed by atoms with E-state index >= 15 is 0 Å². The lowest BCUT2D eigenvalue weighted by Crippen LogP contribution is -2.26. The van der Waals surface area contributed by atoms with E-state index in [2.05, 4.69) is 10.3 Å². The van der Waals surface area contributed by atoms with Gasteiger partial charge in [-0.05, 0) is 47.5 Å². The van der Waals surface area contributed by atoms with Gasteiger partial charge in [-0.2, -0.15) is 0 Å². The zero-order valence-corrected chi connectivity index (χ0v) is 14.8. The van der Waals surface area contributed by atoms with Crippen molar-refractivity contribution in [1.29, 1.82) is 0 Å². The van der Waals surface area contributed by atoms with E-state index in [1.165, 1.54) is 0 Å². The second kappa shape index (κ2) is 6.96. The van der Waals surface area contributed by atoms with Crippen molar-refractivity contribution >= 4 is 16.7 Å². The molecule has 1 atom stereocenters. The number of nitrogens with zero attached hydrogens (tertiary/aromatic N) is 2. The SMILES string of the molecule is CC(NC(=O)c1cc2ccccc2cc1O)c1ccc(-n2ccnc2)cc1. The van der Waals surface area contributed by atoms with Crippen LogP contribution in [0.5, 0.6) is 5.75 Å². The number of hydrogen-bond acceptors (Lipinski definition) is 3. The summed E-state index contributed by atoms with van der Waals surface area (Å²) < 4.78 is 1.92. The Morgan fingerprint density at radius 2 is 1.78 bits per heavy atom. The Hall–Kier alpha value is -3.60. The minimum Gasteiger partial charge on any atom is -0.507 e. The van der Waals surface area contributed by atoms with Crippen LogP contribution in [0, 0.1) is 0 Å². The number of phenolic OH excluding ortho intramolecular Hbond substituents is 1. The van der Waals surface area contributed by atoms with E-state index < -0.39 is 0 Å². The minimum atomic E-state index is -0.301. The molecule has 0 spiro atoms. The Bertz CT molecular complexity index is 1090. The molecule has 134 valence electrons. The number of nitrogens with one attached hydrogen (secondary N) is 1. The Labute approximate surface area is 156 Å². The van der Waals surface area contributed by atoms with E-state index in [0.717, 1.165) is 22.0 Å². The highest BCUT2D eigenvalue weighted by molar-refractivity contribution is 6.01. The molecule has 0 fully saturated rings. The number of carbonyl (C=O) groups excluding carboxylic acids is 1. The van der Waals surface area contributed by atoms with Crippen LogP contribution in [0.1, 0.15) is 28.9 Å². The zero-order chi connectivity index (χ0) is 18.8. The molecule has 27 heavy (non-hydrogen) atoms. The first-order valence-electron chi connectivity index (χ1n) is 8.73. The number of aromatic hydroxyl groups is 1. The van der Waals surface area contributed by atoms with Gasteiger partial charge < -0.3 is 15.0 Å². The fraction of sp³-hybridized carbons (Fsp3) is 0.0909. The third kappa shape index (κ3) is 3.40. The van der Waals surface area contributed by atoms with Gasteiger partial charge in [0.2, 0.25) is 0 Å². The van der Waals surface area contributed by atoms with Gasteiger partial charge in [-0.3, -0.25) is 4.79 Å². The number of aromatic nitrogens is 2. The summed E-state index contributed by atoms with van der Waals surface area (Å²) >= 11 is 0. The Morgan fingerprint density at radius 1 is 1.07 bits per heavy atom. The van der Waals surface area contributed by atoms with Gasteiger partial charge in [0, 0.05) is 18.1 Å². The summed E-state index contributed by atoms with van der Waals surface area (Å²) in [5.74, 6) is -0.321. The molecule has 0 aliphatic rings. The molecule has 5 nitrogen and oxygen atoms in total. The summed E-state index contributed by atoms with van der Waals surface area (Å²) in [6.07, 6.45) is 5.35. The number of imidazole rings is 1. The third-order valence-electron chi connectivity index (χ3n) is 4.65. The Morgan fingerprint density at radius 3 is 2.44 bits per heavy atom. The van der Waals surface area contributed by atoms with Crippen molar-refractivity contribution in [3.05, 3.63) is 90.5 Å². The molecule has 1 aromatic heterocycles. The van der Waals surface area contributed by atoms with Crippen molar-refractivity contribution in [2.24, 2.45) is 0 Å². The third-order valence-corrected chi connectivity index (χ3v) is 4.65. The van der Waals surface area contributed by atoms with E-state index in [9.17, 15) is 9.90 Å². The van der Waals surface area contributed by atoms with Crippen LogP contribution >= 0.6 is 0 Å². The number of amides is 1. The predicted molar refractivity (Wildman–Crippen MR) is 105 cm³/mol. The average molecular weight is 357 g/mol. The second-order valence-electron chi connectivity index (χ2n) is 6.47. The second-order valence-corrected chi connectivity index (χ2v) is 6.47. The van der Waals surface area contributed by atoms with Crippen LogP contribution in [0.3, 0.4) is 0 Å². The molecular formula is C22H19N3O2. The summed E-state index contributed by atoms with van der Waals surface area (Å²) in [6.45, 7) is 1.92. The summed E-state index contributed by atoms with van der Waals surface area (Å²) in [4.78, 5) is 16.7. The highest BCUT2D eigenvalue weighted by Crippen LogP contribution is 2.26. The number of hydrogen-bond donors (Lipinski definition) is 2. The zero-order valence-electron chi connectivity index (χ0n) is 14.8. The van der Waals surface area contributed by atoms with Gasteiger partial charge in [0.1, 0.15) is 5.75 Å². The van der Waals surface area contributed by atoms with Crippen molar-refractivity contribution in [2.75, 3.05) is 0 Å². The molecule has 1 amide bonds. The number of phenols is 1. The first-order valence-corrected chi connectivity index (χ1v) is 8.73. The van der Waals surface area contributed by atoms with E-state index in [1.807, 2.05) is 66.2 Å². The highest BCUT2D eigenvalue weighted by atomic mass is 16.3. The lowest BCUT2D eigenvalue weighted by Gasteiger charge is -2.16. The van der Waals surface area contributed by atoms with Crippen molar-refractivity contribution < 1.29 is 9.90 Å². The summed E-state index contributed by atoms with van der Waals surface area (Å²) in [7, 11) is 0. The lowest BCUT2D eigenvalue weighted by atomic mass is 10.0. The molecule has 2 N–H and O–H groups in total. The smallest absolute Gasteiger partial charge is 0.255 e.